The number of hydrogen-bond acceptors (Lipinski definition) is 5. The van der Waals surface area contributed by atoms with E-state index in [9.17, 15) is 9.59 Å². The van der Waals surface area contributed by atoms with Gasteiger partial charge in [-0.25, -0.2) is 4.79 Å². The van der Waals surface area contributed by atoms with Crippen LogP contribution < -0.4 is 5.32 Å². The second-order valence-electron chi connectivity index (χ2n) is 5.77. The highest BCUT2D eigenvalue weighted by Crippen LogP contribution is 2.21. The molecule has 1 aromatic carbocycles. The van der Waals surface area contributed by atoms with Gasteiger partial charge in [-0.05, 0) is 17.7 Å². The van der Waals surface area contributed by atoms with Crippen molar-refractivity contribution in [1.29, 1.82) is 0 Å². The van der Waals surface area contributed by atoms with Gasteiger partial charge in [-0.3, -0.25) is 14.2 Å². The van der Waals surface area contributed by atoms with Crippen molar-refractivity contribution < 1.29 is 14.3 Å². The first-order valence-corrected chi connectivity index (χ1v) is 8.67. The lowest BCUT2D eigenvalue weighted by atomic mass is 10.1. The van der Waals surface area contributed by atoms with Gasteiger partial charge in [-0.2, -0.15) is 10.2 Å². The van der Waals surface area contributed by atoms with Crippen LogP contribution >= 0.6 is 11.6 Å². The number of anilines is 1. The SMILES string of the molecule is COC(=O)c1nn(C)cc1NC(=O)c1cccc(-c2cnn(CCCl)c2)c1. The summed E-state index contributed by atoms with van der Waals surface area (Å²) < 4.78 is 7.87. The summed E-state index contributed by atoms with van der Waals surface area (Å²) in [6.07, 6.45) is 5.14. The topological polar surface area (TPSA) is 91.0 Å². The number of nitrogens with one attached hydrogen (secondary N) is 1. The number of carbonyl (C=O) groups excluding carboxylic acids is 2. The number of amides is 1. The molecular weight excluding hydrogens is 370 g/mol. The lowest BCUT2D eigenvalue weighted by Gasteiger charge is -2.06. The maximum atomic E-state index is 12.6. The summed E-state index contributed by atoms with van der Waals surface area (Å²) in [5.74, 6) is -0.508. The predicted octanol–water partition coefficient (Wildman–Crippen LogP) is 2.56. The van der Waals surface area contributed by atoms with Crippen LogP contribution in [0.5, 0.6) is 0 Å². The molecule has 2 heterocycles. The van der Waals surface area contributed by atoms with E-state index in [4.69, 9.17) is 16.3 Å². The fourth-order valence-electron chi connectivity index (χ4n) is 2.58. The van der Waals surface area contributed by atoms with Crippen molar-refractivity contribution in [3.05, 3.63) is 54.1 Å². The molecule has 140 valence electrons. The fraction of sp³-hybridized carbons (Fsp3) is 0.222. The average Bonchev–Trinajstić information content (AvgIpc) is 3.28. The number of ether oxygens (including phenoxy) is 1. The third kappa shape index (κ3) is 4.17. The first-order valence-electron chi connectivity index (χ1n) is 8.14. The number of methoxy groups -OCH3 is 1. The van der Waals surface area contributed by atoms with Crippen LogP contribution in [0.25, 0.3) is 11.1 Å². The van der Waals surface area contributed by atoms with Crippen LogP contribution in [0.15, 0.2) is 42.9 Å². The molecule has 27 heavy (non-hydrogen) atoms. The molecule has 8 nitrogen and oxygen atoms in total. The first-order chi connectivity index (χ1) is 13.0. The summed E-state index contributed by atoms with van der Waals surface area (Å²) >= 11 is 5.73. The zero-order valence-electron chi connectivity index (χ0n) is 14.8. The molecule has 0 spiro atoms. The molecule has 0 unspecified atom stereocenters. The number of hydrogen-bond donors (Lipinski definition) is 1. The number of esters is 1. The Balaban J connectivity index is 1.83. The molecule has 0 radical (unpaired) electrons. The molecule has 0 atom stereocenters. The van der Waals surface area contributed by atoms with Crippen molar-refractivity contribution in [2.45, 2.75) is 6.54 Å². The summed E-state index contributed by atoms with van der Waals surface area (Å²) in [4.78, 5) is 24.4. The Kier molecular flexibility index (Phi) is 5.56. The largest absolute Gasteiger partial charge is 0.464 e. The van der Waals surface area contributed by atoms with Gasteiger partial charge in [0.15, 0.2) is 5.69 Å². The molecule has 1 N–H and O–H groups in total. The predicted molar refractivity (Wildman–Crippen MR) is 101 cm³/mol. The van der Waals surface area contributed by atoms with Crippen molar-refractivity contribution in [3.63, 3.8) is 0 Å². The van der Waals surface area contributed by atoms with Crippen LogP contribution in [0, 0.1) is 0 Å². The highest BCUT2D eigenvalue weighted by molar-refractivity contribution is 6.17. The molecular formula is C18H18ClN5O3. The fourth-order valence-corrected chi connectivity index (χ4v) is 2.76. The number of aryl methyl sites for hydroxylation is 2. The molecule has 0 bridgehead atoms. The van der Waals surface area contributed by atoms with Gasteiger partial charge in [0, 0.05) is 36.4 Å². The highest BCUT2D eigenvalue weighted by atomic mass is 35.5. The molecule has 3 rings (SSSR count). The molecule has 0 saturated heterocycles. The van der Waals surface area contributed by atoms with Crippen LogP contribution in [0.2, 0.25) is 0 Å². The number of halogens is 1. The summed E-state index contributed by atoms with van der Waals surface area (Å²) in [5.41, 5.74) is 2.51. The van der Waals surface area contributed by atoms with E-state index in [-0.39, 0.29) is 17.3 Å². The van der Waals surface area contributed by atoms with Crippen molar-refractivity contribution in [1.82, 2.24) is 19.6 Å². The third-order valence-corrected chi connectivity index (χ3v) is 4.03. The molecule has 0 fully saturated rings. The number of rotatable bonds is 6. The van der Waals surface area contributed by atoms with Gasteiger partial charge in [-0.1, -0.05) is 12.1 Å². The van der Waals surface area contributed by atoms with Crippen LogP contribution in [0.3, 0.4) is 0 Å². The van der Waals surface area contributed by atoms with Crippen molar-refractivity contribution >= 4 is 29.2 Å². The van der Waals surface area contributed by atoms with Crippen LogP contribution in [-0.4, -0.2) is 44.4 Å². The van der Waals surface area contributed by atoms with E-state index in [0.717, 1.165) is 11.1 Å². The summed E-state index contributed by atoms with van der Waals surface area (Å²) in [6, 6.07) is 7.12. The van der Waals surface area contributed by atoms with Gasteiger partial charge in [0.05, 0.1) is 25.5 Å². The van der Waals surface area contributed by atoms with Gasteiger partial charge in [0.25, 0.3) is 5.91 Å². The second-order valence-corrected chi connectivity index (χ2v) is 6.15. The first kappa shape index (κ1) is 18.7. The smallest absolute Gasteiger partial charge is 0.360 e. The molecule has 0 aliphatic rings. The second kappa shape index (κ2) is 8.05. The molecule has 0 aliphatic heterocycles. The summed E-state index contributed by atoms with van der Waals surface area (Å²) in [5, 5.41) is 11.0. The molecule has 9 heteroatoms. The normalized spacial score (nSPS) is 10.6. The maximum absolute atomic E-state index is 12.6. The minimum Gasteiger partial charge on any atom is -0.464 e. The Morgan fingerprint density at radius 3 is 2.81 bits per heavy atom. The Morgan fingerprint density at radius 1 is 1.26 bits per heavy atom. The standard InChI is InChI=1S/C18H18ClN5O3/c1-23-11-15(16(22-23)18(26)27-2)21-17(25)13-5-3-4-12(8-13)14-9-20-24(10-14)7-6-19/h3-5,8-11H,6-7H2,1-2H3,(H,21,25). The lowest BCUT2D eigenvalue weighted by molar-refractivity contribution is 0.0594. The summed E-state index contributed by atoms with van der Waals surface area (Å²) in [6.45, 7) is 0.610. The lowest BCUT2D eigenvalue weighted by Crippen LogP contribution is -2.14. The number of benzene rings is 1. The Labute approximate surface area is 160 Å². The van der Waals surface area contributed by atoms with E-state index in [1.165, 1.54) is 11.8 Å². The van der Waals surface area contributed by atoms with Crippen LogP contribution in [0.1, 0.15) is 20.8 Å². The van der Waals surface area contributed by atoms with Crippen molar-refractivity contribution in [2.75, 3.05) is 18.3 Å². The zero-order chi connectivity index (χ0) is 19.4. The van der Waals surface area contributed by atoms with E-state index in [0.29, 0.717) is 18.0 Å². The van der Waals surface area contributed by atoms with Crippen LogP contribution in [0.4, 0.5) is 5.69 Å². The highest BCUT2D eigenvalue weighted by Gasteiger charge is 2.19. The maximum Gasteiger partial charge on any atom is 0.360 e. The summed E-state index contributed by atoms with van der Waals surface area (Å²) in [7, 11) is 2.91. The van der Waals surface area contributed by atoms with Crippen molar-refractivity contribution in [3.8, 4) is 11.1 Å². The Hall–Kier alpha value is -3.13. The molecule has 1 amide bonds. The van der Waals surface area contributed by atoms with Gasteiger partial charge in [-0.15, -0.1) is 11.6 Å². The van der Waals surface area contributed by atoms with E-state index in [2.05, 4.69) is 15.5 Å². The van der Waals surface area contributed by atoms with Crippen LogP contribution in [-0.2, 0) is 18.3 Å². The minimum atomic E-state index is -0.619. The Bertz CT molecular complexity index is 979. The molecule has 0 aliphatic carbocycles. The number of carbonyl (C=O) groups is 2. The number of alkyl halides is 1. The van der Waals surface area contributed by atoms with E-state index >= 15 is 0 Å². The van der Waals surface area contributed by atoms with Gasteiger partial charge in [0.2, 0.25) is 0 Å². The average molecular weight is 388 g/mol. The van der Waals surface area contributed by atoms with E-state index < -0.39 is 5.97 Å². The molecule has 3 aromatic rings. The van der Waals surface area contributed by atoms with Gasteiger partial charge in [0.1, 0.15) is 0 Å². The van der Waals surface area contributed by atoms with E-state index in [1.807, 2.05) is 12.3 Å². The zero-order valence-corrected chi connectivity index (χ0v) is 15.6. The number of aromatic nitrogens is 4. The third-order valence-electron chi connectivity index (χ3n) is 3.86. The van der Waals surface area contributed by atoms with Gasteiger partial charge >= 0.3 is 5.97 Å². The minimum absolute atomic E-state index is 0.0480. The molecule has 0 saturated carbocycles. The van der Waals surface area contributed by atoms with Crippen molar-refractivity contribution in [2.24, 2.45) is 7.05 Å². The van der Waals surface area contributed by atoms with Gasteiger partial charge < -0.3 is 10.1 Å². The monoisotopic (exact) mass is 387 g/mol. The van der Waals surface area contributed by atoms with E-state index in [1.54, 1.807) is 42.3 Å². The quantitative estimate of drug-likeness (QED) is 0.518. The Morgan fingerprint density at radius 2 is 2.07 bits per heavy atom. The number of nitrogens with zero attached hydrogens (tertiary/aromatic N) is 4. The molecule has 2 aromatic heterocycles.